The highest BCUT2D eigenvalue weighted by Gasteiger charge is 2.03. The molecule has 0 bridgehead atoms. The summed E-state index contributed by atoms with van der Waals surface area (Å²) >= 11 is 0. The van der Waals surface area contributed by atoms with E-state index in [1.165, 1.54) is 6.21 Å². The summed E-state index contributed by atoms with van der Waals surface area (Å²) in [7, 11) is 0. The van der Waals surface area contributed by atoms with Crippen molar-refractivity contribution >= 4 is 12.4 Å². The van der Waals surface area contributed by atoms with Crippen LogP contribution >= 0.6 is 0 Å². The van der Waals surface area contributed by atoms with Gasteiger partial charge in [-0.3, -0.25) is 9.98 Å². The molecular weight excluding hydrogens is 184 g/mol. The first kappa shape index (κ1) is 16.1. The Morgan fingerprint density at radius 2 is 1.80 bits per heavy atom. The van der Waals surface area contributed by atoms with Gasteiger partial charge in [-0.2, -0.15) is 0 Å². The van der Waals surface area contributed by atoms with Crippen LogP contribution in [-0.4, -0.2) is 12.4 Å². The van der Waals surface area contributed by atoms with Gasteiger partial charge in [0.05, 0.1) is 17.6 Å². The minimum atomic E-state index is 0.341. The lowest BCUT2D eigenvalue weighted by Crippen LogP contribution is -1.94. The Balaban J connectivity index is 0. The van der Waals surface area contributed by atoms with Gasteiger partial charge in [0.25, 0.3) is 0 Å². The van der Waals surface area contributed by atoms with Gasteiger partial charge in [-0.05, 0) is 19.8 Å². The molecule has 0 saturated heterocycles. The summed E-state index contributed by atoms with van der Waals surface area (Å²) in [6.07, 6.45) is 8.31. The molecule has 84 valence electrons. The molecule has 15 heavy (non-hydrogen) atoms. The van der Waals surface area contributed by atoms with Crippen molar-refractivity contribution in [1.82, 2.24) is 0 Å². The molecule has 0 spiro atoms. The maximum atomic E-state index is 5.09. The molecule has 0 N–H and O–H groups in total. The Morgan fingerprint density at radius 3 is 2.13 bits per heavy atom. The Morgan fingerprint density at radius 1 is 1.27 bits per heavy atom. The maximum absolute atomic E-state index is 5.09. The number of terminal acetylenes is 1. The van der Waals surface area contributed by atoms with Gasteiger partial charge in [-0.15, -0.1) is 6.42 Å². The zero-order valence-corrected chi connectivity index (χ0v) is 10.7. The van der Waals surface area contributed by atoms with E-state index in [0.29, 0.717) is 5.92 Å². The van der Waals surface area contributed by atoms with Crippen LogP contribution in [0.5, 0.6) is 0 Å². The Hall–Kier alpha value is -1.36. The summed E-state index contributed by atoms with van der Waals surface area (Å²) in [5.41, 5.74) is 1.86. The molecule has 0 aromatic heterocycles. The van der Waals surface area contributed by atoms with Crippen molar-refractivity contribution in [3.05, 3.63) is 11.4 Å². The molecule has 0 aliphatic rings. The van der Waals surface area contributed by atoms with Crippen molar-refractivity contribution in [2.75, 3.05) is 0 Å². The first-order valence-corrected chi connectivity index (χ1v) is 5.31. The van der Waals surface area contributed by atoms with Gasteiger partial charge in [-0.25, -0.2) is 0 Å². The van der Waals surface area contributed by atoms with Crippen LogP contribution in [0.2, 0.25) is 0 Å². The molecular formula is C13H22N2. The van der Waals surface area contributed by atoms with Crippen molar-refractivity contribution in [3.63, 3.8) is 0 Å². The fourth-order valence-corrected chi connectivity index (χ4v) is 1.03. The second-order valence-corrected chi connectivity index (χ2v) is 2.94. The third kappa shape index (κ3) is 7.69. The lowest BCUT2D eigenvalue weighted by Gasteiger charge is -2.06. The fraction of sp³-hybridized carbons (Fsp3) is 0.538. The Kier molecular flexibility index (Phi) is 11.5. The summed E-state index contributed by atoms with van der Waals surface area (Å²) in [5.74, 6) is 2.71. The third-order valence-corrected chi connectivity index (χ3v) is 1.52. The molecule has 2 nitrogen and oxygen atoms in total. The second kappa shape index (κ2) is 10.7. The number of hydrogen-bond acceptors (Lipinski definition) is 2. The summed E-state index contributed by atoms with van der Waals surface area (Å²) in [6.45, 7) is 11.9. The molecule has 0 fully saturated rings. The zero-order valence-electron chi connectivity index (χ0n) is 10.7. The number of allylic oxidation sites excluding steroid dienone is 2. The molecule has 0 aromatic rings. The van der Waals surface area contributed by atoms with Gasteiger partial charge >= 0.3 is 0 Å². The molecule has 0 atom stereocenters. The molecule has 0 radical (unpaired) electrons. The molecule has 2 heteroatoms. The minimum Gasteiger partial charge on any atom is -0.264 e. The van der Waals surface area contributed by atoms with Crippen molar-refractivity contribution in [1.29, 1.82) is 0 Å². The largest absolute Gasteiger partial charge is 0.264 e. The standard InChI is InChI=1S/C11H16N2.C2H6/c1-6-8-13-11(9(3)4)10(5)12-7-2;1-2/h1,7-9H,2-5H3;1-2H3/b11-10+,12-7?,13-8?;. The summed E-state index contributed by atoms with van der Waals surface area (Å²) in [6, 6.07) is 0. The van der Waals surface area contributed by atoms with Crippen LogP contribution in [0, 0.1) is 18.3 Å². The van der Waals surface area contributed by atoms with Gasteiger partial charge < -0.3 is 0 Å². The molecule has 0 aliphatic heterocycles. The molecule has 0 amide bonds. The van der Waals surface area contributed by atoms with E-state index in [9.17, 15) is 0 Å². The first-order chi connectivity index (χ1) is 7.13. The van der Waals surface area contributed by atoms with Crippen LogP contribution in [0.15, 0.2) is 21.4 Å². The van der Waals surface area contributed by atoms with Crippen molar-refractivity contribution in [2.24, 2.45) is 15.9 Å². The monoisotopic (exact) mass is 206 g/mol. The van der Waals surface area contributed by atoms with Gasteiger partial charge in [0.1, 0.15) is 0 Å². The highest BCUT2D eigenvalue weighted by atomic mass is 14.8. The molecule has 0 unspecified atom stereocenters. The first-order valence-electron chi connectivity index (χ1n) is 5.31. The zero-order chi connectivity index (χ0) is 12.3. The molecule has 0 aromatic carbocycles. The van der Waals surface area contributed by atoms with Gasteiger partial charge in [0.2, 0.25) is 0 Å². The third-order valence-electron chi connectivity index (χ3n) is 1.52. The molecule has 0 saturated carbocycles. The Labute approximate surface area is 94.2 Å². The maximum Gasteiger partial charge on any atom is 0.0767 e. The van der Waals surface area contributed by atoms with Crippen LogP contribution in [0.4, 0.5) is 0 Å². The van der Waals surface area contributed by atoms with E-state index < -0.39 is 0 Å². The Bertz CT molecular complexity index is 275. The SMILES string of the molecule is C#CC=N/C(=C(\C)N=CC)C(C)C.CC. The smallest absolute Gasteiger partial charge is 0.0767 e. The highest BCUT2D eigenvalue weighted by molar-refractivity contribution is 5.78. The predicted molar refractivity (Wildman–Crippen MR) is 70.4 cm³/mol. The summed E-state index contributed by atoms with van der Waals surface area (Å²) in [5, 5.41) is 0. The molecule has 0 rings (SSSR count). The van der Waals surface area contributed by atoms with Crippen LogP contribution < -0.4 is 0 Å². The van der Waals surface area contributed by atoms with Gasteiger partial charge in [-0.1, -0.05) is 33.6 Å². The van der Waals surface area contributed by atoms with E-state index >= 15 is 0 Å². The van der Waals surface area contributed by atoms with Crippen LogP contribution in [0.1, 0.15) is 41.5 Å². The lowest BCUT2D eigenvalue weighted by atomic mass is 10.1. The highest BCUT2D eigenvalue weighted by Crippen LogP contribution is 2.16. The van der Waals surface area contributed by atoms with E-state index in [4.69, 9.17) is 6.42 Å². The number of rotatable bonds is 3. The van der Waals surface area contributed by atoms with Gasteiger partial charge in [0, 0.05) is 6.21 Å². The van der Waals surface area contributed by atoms with E-state index in [0.717, 1.165) is 11.4 Å². The number of hydrogen-bond donors (Lipinski definition) is 0. The topological polar surface area (TPSA) is 24.7 Å². The lowest BCUT2D eigenvalue weighted by molar-refractivity contribution is 0.744. The predicted octanol–water partition coefficient (Wildman–Crippen LogP) is 3.69. The number of aliphatic imine (C=N–C) groups is 2. The second-order valence-electron chi connectivity index (χ2n) is 2.94. The summed E-state index contributed by atoms with van der Waals surface area (Å²) < 4.78 is 0. The van der Waals surface area contributed by atoms with E-state index in [1.54, 1.807) is 6.21 Å². The molecule has 0 aliphatic carbocycles. The molecule has 0 heterocycles. The normalized spacial score (nSPS) is 12.4. The minimum absolute atomic E-state index is 0.341. The van der Waals surface area contributed by atoms with Crippen molar-refractivity contribution in [3.8, 4) is 12.3 Å². The van der Waals surface area contributed by atoms with Crippen LogP contribution in [0.3, 0.4) is 0 Å². The quantitative estimate of drug-likeness (QED) is 0.497. The van der Waals surface area contributed by atoms with Crippen LogP contribution in [-0.2, 0) is 0 Å². The average Bonchev–Trinajstić information content (AvgIpc) is 2.21. The van der Waals surface area contributed by atoms with E-state index in [1.807, 2.05) is 27.7 Å². The fourth-order valence-electron chi connectivity index (χ4n) is 1.03. The van der Waals surface area contributed by atoms with E-state index in [2.05, 4.69) is 29.8 Å². The van der Waals surface area contributed by atoms with Gasteiger partial charge in [0.15, 0.2) is 0 Å². The van der Waals surface area contributed by atoms with Crippen molar-refractivity contribution < 1.29 is 0 Å². The van der Waals surface area contributed by atoms with Crippen molar-refractivity contribution in [2.45, 2.75) is 41.5 Å². The average molecular weight is 206 g/mol. The van der Waals surface area contributed by atoms with E-state index in [-0.39, 0.29) is 0 Å². The summed E-state index contributed by atoms with van der Waals surface area (Å²) in [4.78, 5) is 8.34. The number of nitrogens with zero attached hydrogens (tertiary/aromatic N) is 2. The van der Waals surface area contributed by atoms with Crippen LogP contribution in [0.25, 0.3) is 0 Å².